The van der Waals surface area contributed by atoms with Crippen LogP contribution >= 0.6 is 0 Å². The standard InChI is InChI=1S/C20H22N2O3/c1-2-14-6-5-7-15(12-14)22-19(23)13-21-20(24)17-10-11-25-18-9-4-3-8-16(17)18/h3-9,12,17H,2,10-11,13H2,1H3,(H,21,24)(H,22,23)/t17-/m0/s1. The molecule has 0 spiro atoms. The first-order valence-electron chi connectivity index (χ1n) is 8.55. The third kappa shape index (κ3) is 4.18. The molecular weight excluding hydrogens is 316 g/mol. The Hall–Kier alpha value is -2.82. The lowest BCUT2D eigenvalue weighted by Crippen LogP contribution is -2.37. The second-order valence-electron chi connectivity index (χ2n) is 6.05. The molecule has 3 rings (SSSR count). The van der Waals surface area contributed by atoms with Gasteiger partial charge in [-0.3, -0.25) is 9.59 Å². The maximum Gasteiger partial charge on any atom is 0.243 e. The molecule has 2 N–H and O–H groups in total. The molecule has 1 atom stereocenters. The van der Waals surface area contributed by atoms with Gasteiger partial charge in [-0.25, -0.2) is 0 Å². The summed E-state index contributed by atoms with van der Waals surface area (Å²) in [6.45, 7) is 2.52. The van der Waals surface area contributed by atoms with Gasteiger partial charge in [0, 0.05) is 11.3 Å². The first-order valence-corrected chi connectivity index (χ1v) is 8.55. The number of hydrogen-bond acceptors (Lipinski definition) is 3. The van der Waals surface area contributed by atoms with Crippen molar-refractivity contribution in [1.29, 1.82) is 0 Å². The van der Waals surface area contributed by atoms with Gasteiger partial charge in [-0.2, -0.15) is 0 Å². The molecule has 0 saturated carbocycles. The smallest absolute Gasteiger partial charge is 0.243 e. The van der Waals surface area contributed by atoms with Crippen LogP contribution in [0.2, 0.25) is 0 Å². The molecule has 2 amide bonds. The van der Waals surface area contributed by atoms with E-state index < -0.39 is 0 Å². The van der Waals surface area contributed by atoms with Crippen molar-refractivity contribution in [1.82, 2.24) is 5.32 Å². The molecule has 1 aliphatic heterocycles. The molecule has 0 aromatic heterocycles. The molecule has 0 bridgehead atoms. The minimum Gasteiger partial charge on any atom is -0.493 e. The lowest BCUT2D eigenvalue weighted by atomic mass is 9.92. The van der Waals surface area contributed by atoms with E-state index in [1.165, 1.54) is 0 Å². The van der Waals surface area contributed by atoms with Crippen molar-refractivity contribution in [3.05, 3.63) is 59.7 Å². The van der Waals surface area contributed by atoms with Crippen LogP contribution in [0.15, 0.2) is 48.5 Å². The summed E-state index contributed by atoms with van der Waals surface area (Å²) in [5, 5.41) is 5.55. The van der Waals surface area contributed by atoms with Crippen molar-refractivity contribution in [2.45, 2.75) is 25.7 Å². The number of rotatable bonds is 5. The van der Waals surface area contributed by atoms with Gasteiger partial charge < -0.3 is 15.4 Å². The van der Waals surface area contributed by atoms with Crippen LogP contribution in [0.4, 0.5) is 5.69 Å². The fourth-order valence-electron chi connectivity index (χ4n) is 2.98. The second kappa shape index (κ2) is 7.83. The van der Waals surface area contributed by atoms with Gasteiger partial charge in [0.25, 0.3) is 0 Å². The van der Waals surface area contributed by atoms with Gasteiger partial charge in [0.15, 0.2) is 0 Å². The first kappa shape index (κ1) is 17.0. The molecule has 5 heteroatoms. The first-order chi connectivity index (χ1) is 12.2. The van der Waals surface area contributed by atoms with Gasteiger partial charge in [-0.1, -0.05) is 37.3 Å². The fraction of sp³-hybridized carbons (Fsp3) is 0.300. The van der Waals surface area contributed by atoms with Crippen LogP contribution in [0.3, 0.4) is 0 Å². The maximum absolute atomic E-state index is 12.5. The average Bonchev–Trinajstić information content (AvgIpc) is 2.65. The zero-order chi connectivity index (χ0) is 17.6. The summed E-state index contributed by atoms with van der Waals surface area (Å²) in [6, 6.07) is 15.2. The highest BCUT2D eigenvalue weighted by Gasteiger charge is 2.27. The Bertz CT molecular complexity index is 773. The van der Waals surface area contributed by atoms with E-state index in [1.54, 1.807) is 0 Å². The van der Waals surface area contributed by atoms with E-state index in [0.717, 1.165) is 29.0 Å². The summed E-state index contributed by atoms with van der Waals surface area (Å²) < 4.78 is 5.57. The number of nitrogens with one attached hydrogen (secondary N) is 2. The molecule has 25 heavy (non-hydrogen) atoms. The normalized spacial score (nSPS) is 15.6. The Morgan fingerprint density at radius 3 is 2.84 bits per heavy atom. The van der Waals surface area contributed by atoms with Crippen LogP contribution in [0.1, 0.15) is 30.4 Å². The zero-order valence-corrected chi connectivity index (χ0v) is 14.2. The number of ether oxygens (including phenoxy) is 1. The molecule has 0 aliphatic carbocycles. The van der Waals surface area contributed by atoms with E-state index >= 15 is 0 Å². The van der Waals surface area contributed by atoms with Crippen LogP contribution in [-0.2, 0) is 16.0 Å². The minimum atomic E-state index is -0.277. The molecule has 0 fully saturated rings. The Kier molecular flexibility index (Phi) is 5.33. The third-order valence-electron chi connectivity index (χ3n) is 4.32. The summed E-state index contributed by atoms with van der Waals surface area (Å²) in [5.74, 6) is 0.0889. The quantitative estimate of drug-likeness (QED) is 0.881. The Morgan fingerprint density at radius 1 is 1.16 bits per heavy atom. The summed E-state index contributed by atoms with van der Waals surface area (Å²) in [7, 11) is 0. The number of benzene rings is 2. The number of carbonyl (C=O) groups excluding carboxylic acids is 2. The predicted octanol–water partition coefficient (Wildman–Crippen LogP) is 2.87. The van der Waals surface area contributed by atoms with E-state index in [9.17, 15) is 9.59 Å². The number of carbonyl (C=O) groups is 2. The monoisotopic (exact) mass is 338 g/mol. The number of para-hydroxylation sites is 1. The molecule has 5 nitrogen and oxygen atoms in total. The van der Waals surface area contributed by atoms with Gasteiger partial charge in [-0.15, -0.1) is 0 Å². The molecule has 1 heterocycles. The van der Waals surface area contributed by atoms with Crippen LogP contribution < -0.4 is 15.4 Å². The molecule has 0 unspecified atom stereocenters. The Morgan fingerprint density at radius 2 is 2.00 bits per heavy atom. The number of aryl methyl sites for hydroxylation is 1. The highest BCUT2D eigenvalue weighted by Crippen LogP contribution is 2.33. The molecule has 2 aromatic rings. The molecule has 0 saturated heterocycles. The van der Waals surface area contributed by atoms with Crippen molar-refractivity contribution < 1.29 is 14.3 Å². The summed E-state index contributed by atoms with van der Waals surface area (Å²) in [6.07, 6.45) is 1.52. The number of hydrogen-bond donors (Lipinski definition) is 2. The molecular formula is C20H22N2O3. The minimum absolute atomic E-state index is 0.0469. The van der Waals surface area contributed by atoms with Gasteiger partial charge >= 0.3 is 0 Å². The van der Waals surface area contributed by atoms with E-state index in [0.29, 0.717) is 13.0 Å². The van der Waals surface area contributed by atoms with Crippen molar-refractivity contribution in [2.75, 3.05) is 18.5 Å². The van der Waals surface area contributed by atoms with Crippen molar-refractivity contribution in [3.63, 3.8) is 0 Å². The SMILES string of the molecule is CCc1cccc(NC(=O)CNC(=O)[C@H]2CCOc3ccccc32)c1. The van der Waals surface area contributed by atoms with Gasteiger partial charge in [0.1, 0.15) is 5.75 Å². The maximum atomic E-state index is 12.5. The van der Waals surface area contributed by atoms with Crippen LogP contribution in [0, 0.1) is 0 Å². The number of anilines is 1. The van der Waals surface area contributed by atoms with Crippen LogP contribution in [0.25, 0.3) is 0 Å². The molecule has 0 radical (unpaired) electrons. The van der Waals surface area contributed by atoms with Gasteiger partial charge in [-0.05, 0) is 36.6 Å². The van der Waals surface area contributed by atoms with Crippen LogP contribution in [0.5, 0.6) is 5.75 Å². The average molecular weight is 338 g/mol. The van der Waals surface area contributed by atoms with Gasteiger partial charge in [0.05, 0.1) is 19.1 Å². The van der Waals surface area contributed by atoms with E-state index in [4.69, 9.17) is 4.74 Å². The van der Waals surface area contributed by atoms with E-state index in [-0.39, 0.29) is 24.3 Å². The summed E-state index contributed by atoms with van der Waals surface area (Å²) >= 11 is 0. The van der Waals surface area contributed by atoms with E-state index in [2.05, 4.69) is 17.6 Å². The van der Waals surface area contributed by atoms with Crippen molar-refractivity contribution >= 4 is 17.5 Å². The highest BCUT2D eigenvalue weighted by atomic mass is 16.5. The summed E-state index contributed by atoms with van der Waals surface area (Å²) in [5.41, 5.74) is 2.78. The van der Waals surface area contributed by atoms with Gasteiger partial charge in [0.2, 0.25) is 11.8 Å². The third-order valence-corrected chi connectivity index (χ3v) is 4.32. The molecule has 2 aromatic carbocycles. The van der Waals surface area contributed by atoms with Crippen LogP contribution in [-0.4, -0.2) is 25.0 Å². The number of amides is 2. The van der Waals surface area contributed by atoms with E-state index in [1.807, 2.05) is 48.5 Å². The second-order valence-corrected chi connectivity index (χ2v) is 6.05. The Balaban J connectivity index is 1.56. The fourth-order valence-corrected chi connectivity index (χ4v) is 2.98. The number of fused-ring (bicyclic) bond motifs is 1. The van der Waals surface area contributed by atoms with Crippen molar-refractivity contribution in [2.24, 2.45) is 0 Å². The Labute approximate surface area is 147 Å². The summed E-state index contributed by atoms with van der Waals surface area (Å²) in [4.78, 5) is 24.6. The highest BCUT2D eigenvalue weighted by molar-refractivity contribution is 5.95. The lowest BCUT2D eigenvalue weighted by molar-refractivity contribution is -0.125. The predicted molar refractivity (Wildman–Crippen MR) is 96.8 cm³/mol. The lowest BCUT2D eigenvalue weighted by Gasteiger charge is -2.24. The molecule has 130 valence electrons. The zero-order valence-electron chi connectivity index (χ0n) is 14.2. The largest absolute Gasteiger partial charge is 0.493 e. The topological polar surface area (TPSA) is 67.4 Å². The molecule has 1 aliphatic rings. The van der Waals surface area contributed by atoms with Crippen molar-refractivity contribution in [3.8, 4) is 5.75 Å².